The molecule has 0 unspecified atom stereocenters. The number of hydrogen-bond acceptors (Lipinski definition) is 3. The number of aliphatic hydroxyl groups is 1. The van der Waals surface area contributed by atoms with Gasteiger partial charge >= 0.3 is 0 Å². The standard InChI is InChI=1S/C13H13F2NOS/c1-7-11(13(2,3)17)18-12(16-7)10-8(14)5-4-6-9(10)15/h4-6,17H,1-3H3. The Labute approximate surface area is 108 Å². The molecule has 1 heterocycles. The van der Waals surface area contributed by atoms with Crippen molar-refractivity contribution in [2.45, 2.75) is 26.4 Å². The van der Waals surface area contributed by atoms with Crippen LogP contribution in [0.4, 0.5) is 8.78 Å². The Hall–Kier alpha value is -1.33. The van der Waals surface area contributed by atoms with Crippen LogP contribution in [0.25, 0.3) is 10.6 Å². The molecule has 0 amide bonds. The highest BCUT2D eigenvalue weighted by atomic mass is 32.1. The van der Waals surface area contributed by atoms with E-state index in [0.29, 0.717) is 10.6 Å². The summed E-state index contributed by atoms with van der Waals surface area (Å²) in [6.07, 6.45) is 0. The van der Waals surface area contributed by atoms with Crippen LogP contribution in [0.5, 0.6) is 0 Å². The molecule has 18 heavy (non-hydrogen) atoms. The topological polar surface area (TPSA) is 33.1 Å². The summed E-state index contributed by atoms with van der Waals surface area (Å²) in [5.41, 5.74) is -0.617. The van der Waals surface area contributed by atoms with E-state index in [2.05, 4.69) is 4.98 Å². The lowest BCUT2D eigenvalue weighted by atomic mass is 10.1. The molecule has 96 valence electrons. The molecule has 1 aromatic heterocycles. The van der Waals surface area contributed by atoms with E-state index in [-0.39, 0.29) is 10.6 Å². The zero-order chi connectivity index (χ0) is 13.5. The lowest BCUT2D eigenvalue weighted by Gasteiger charge is -2.14. The van der Waals surface area contributed by atoms with E-state index in [1.165, 1.54) is 18.2 Å². The van der Waals surface area contributed by atoms with Crippen molar-refractivity contribution in [3.63, 3.8) is 0 Å². The molecule has 5 heteroatoms. The Morgan fingerprint density at radius 2 is 1.78 bits per heavy atom. The van der Waals surface area contributed by atoms with Gasteiger partial charge in [0.2, 0.25) is 0 Å². The van der Waals surface area contributed by atoms with Gasteiger partial charge in [0.25, 0.3) is 0 Å². The highest BCUT2D eigenvalue weighted by Gasteiger charge is 2.25. The molecule has 0 radical (unpaired) electrons. The first kappa shape index (κ1) is 13.1. The first-order valence-corrected chi connectivity index (χ1v) is 6.27. The largest absolute Gasteiger partial charge is 0.385 e. The minimum Gasteiger partial charge on any atom is -0.385 e. The molecule has 0 spiro atoms. The number of benzene rings is 1. The molecule has 1 aromatic carbocycles. The predicted octanol–water partition coefficient (Wildman–Crippen LogP) is 3.62. The molecule has 0 atom stereocenters. The Morgan fingerprint density at radius 3 is 2.22 bits per heavy atom. The molecule has 1 N–H and O–H groups in total. The normalized spacial score (nSPS) is 11.9. The van der Waals surface area contributed by atoms with Crippen LogP contribution in [0.2, 0.25) is 0 Å². The van der Waals surface area contributed by atoms with Crippen molar-refractivity contribution in [3.8, 4) is 10.6 Å². The van der Waals surface area contributed by atoms with Crippen molar-refractivity contribution in [3.05, 3.63) is 40.4 Å². The van der Waals surface area contributed by atoms with Crippen LogP contribution >= 0.6 is 11.3 Å². The third-order valence-electron chi connectivity index (χ3n) is 2.53. The number of aromatic nitrogens is 1. The van der Waals surface area contributed by atoms with E-state index in [9.17, 15) is 13.9 Å². The number of thiazole rings is 1. The van der Waals surface area contributed by atoms with Crippen molar-refractivity contribution in [2.24, 2.45) is 0 Å². The molecular weight excluding hydrogens is 256 g/mol. The number of hydrogen-bond donors (Lipinski definition) is 1. The summed E-state index contributed by atoms with van der Waals surface area (Å²) in [6.45, 7) is 4.95. The van der Waals surface area contributed by atoms with Gasteiger partial charge in [-0.2, -0.15) is 0 Å². The highest BCUT2D eigenvalue weighted by Crippen LogP contribution is 2.36. The molecule has 2 aromatic rings. The molecule has 0 saturated carbocycles. The van der Waals surface area contributed by atoms with Gasteiger partial charge in [0.05, 0.1) is 21.7 Å². The fraction of sp³-hybridized carbons (Fsp3) is 0.308. The molecule has 0 aliphatic carbocycles. The maximum absolute atomic E-state index is 13.6. The van der Waals surface area contributed by atoms with Crippen LogP contribution in [0.15, 0.2) is 18.2 Å². The van der Waals surface area contributed by atoms with Gasteiger partial charge in [-0.1, -0.05) is 6.07 Å². The van der Waals surface area contributed by atoms with Gasteiger partial charge < -0.3 is 5.11 Å². The molecule has 0 saturated heterocycles. The van der Waals surface area contributed by atoms with Gasteiger partial charge in [-0.15, -0.1) is 11.3 Å². The van der Waals surface area contributed by atoms with Gasteiger partial charge in [-0.3, -0.25) is 0 Å². The van der Waals surface area contributed by atoms with Crippen LogP contribution in [0, 0.1) is 18.6 Å². The molecular formula is C13H13F2NOS. The van der Waals surface area contributed by atoms with Crippen LogP contribution < -0.4 is 0 Å². The van der Waals surface area contributed by atoms with E-state index in [1.807, 2.05) is 0 Å². The third kappa shape index (κ3) is 2.28. The lowest BCUT2D eigenvalue weighted by Crippen LogP contribution is -2.14. The highest BCUT2D eigenvalue weighted by molar-refractivity contribution is 7.15. The summed E-state index contributed by atoms with van der Waals surface area (Å²) in [7, 11) is 0. The second-order valence-electron chi connectivity index (χ2n) is 4.59. The van der Waals surface area contributed by atoms with Crippen molar-refractivity contribution in [1.29, 1.82) is 0 Å². The van der Waals surface area contributed by atoms with Crippen molar-refractivity contribution in [1.82, 2.24) is 4.98 Å². The summed E-state index contributed by atoms with van der Waals surface area (Å²) in [6, 6.07) is 3.70. The third-order valence-corrected chi connectivity index (χ3v) is 4.02. The van der Waals surface area contributed by atoms with Gasteiger partial charge in [0.15, 0.2) is 0 Å². The average Bonchev–Trinajstić information content (AvgIpc) is 2.59. The average molecular weight is 269 g/mol. The Morgan fingerprint density at radius 1 is 1.22 bits per heavy atom. The first-order chi connectivity index (χ1) is 8.30. The van der Waals surface area contributed by atoms with Crippen LogP contribution in [0.3, 0.4) is 0 Å². The molecule has 0 aliphatic rings. The summed E-state index contributed by atoms with van der Waals surface area (Å²) in [5, 5.41) is 10.2. The number of halogens is 2. The summed E-state index contributed by atoms with van der Waals surface area (Å²) in [4.78, 5) is 4.76. The second kappa shape index (κ2) is 4.40. The van der Waals surface area contributed by atoms with Crippen molar-refractivity contribution in [2.75, 3.05) is 0 Å². The van der Waals surface area contributed by atoms with Crippen molar-refractivity contribution < 1.29 is 13.9 Å². The lowest BCUT2D eigenvalue weighted by molar-refractivity contribution is 0.0817. The summed E-state index contributed by atoms with van der Waals surface area (Å²) < 4.78 is 27.3. The maximum atomic E-state index is 13.6. The van der Waals surface area contributed by atoms with Crippen LogP contribution in [0.1, 0.15) is 24.4 Å². The van der Waals surface area contributed by atoms with Gasteiger partial charge in [-0.05, 0) is 32.9 Å². The number of nitrogens with zero attached hydrogens (tertiary/aromatic N) is 1. The fourth-order valence-corrected chi connectivity index (χ4v) is 2.89. The Kier molecular flexibility index (Phi) is 3.21. The number of rotatable bonds is 2. The SMILES string of the molecule is Cc1nc(-c2c(F)cccc2F)sc1C(C)(C)O. The van der Waals surface area contributed by atoms with E-state index in [0.717, 1.165) is 11.3 Å². The van der Waals surface area contributed by atoms with Gasteiger partial charge in [0.1, 0.15) is 16.6 Å². The van der Waals surface area contributed by atoms with E-state index in [4.69, 9.17) is 0 Å². The minimum atomic E-state index is -1.07. The Balaban J connectivity index is 2.60. The zero-order valence-electron chi connectivity index (χ0n) is 10.3. The smallest absolute Gasteiger partial charge is 0.136 e. The first-order valence-electron chi connectivity index (χ1n) is 5.45. The predicted molar refractivity (Wildman–Crippen MR) is 67.4 cm³/mol. The van der Waals surface area contributed by atoms with Crippen molar-refractivity contribution >= 4 is 11.3 Å². The zero-order valence-corrected chi connectivity index (χ0v) is 11.1. The molecule has 0 aliphatic heterocycles. The van der Waals surface area contributed by atoms with Gasteiger partial charge in [-0.25, -0.2) is 13.8 Å². The minimum absolute atomic E-state index is 0.138. The van der Waals surface area contributed by atoms with Crippen LogP contribution in [-0.4, -0.2) is 10.1 Å². The summed E-state index contributed by atoms with van der Waals surface area (Å²) >= 11 is 1.11. The Bertz CT molecular complexity index is 567. The fourth-order valence-electron chi connectivity index (χ4n) is 1.77. The molecule has 0 bridgehead atoms. The molecule has 2 nitrogen and oxygen atoms in total. The monoisotopic (exact) mass is 269 g/mol. The number of aryl methyl sites for hydroxylation is 1. The summed E-state index contributed by atoms with van der Waals surface area (Å²) in [5.74, 6) is -1.29. The van der Waals surface area contributed by atoms with Crippen LogP contribution in [-0.2, 0) is 5.60 Å². The van der Waals surface area contributed by atoms with E-state index < -0.39 is 17.2 Å². The van der Waals surface area contributed by atoms with Gasteiger partial charge in [0, 0.05) is 0 Å². The molecule has 2 rings (SSSR count). The maximum Gasteiger partial charge on any atom is 0.136 e. The van der Waals surface area contributed by atoms with E-state index >= 15 is 0 Å². The quantitative estimate of drug-likeness (QED) is 0.903. The molecule has 0 fully saturated rings. The second-order valence-corrected chi connectivity index (χ2v) is 5.59. The van der Waals surface area contributed by atoms with E-state index in [1.54, 1.807) is 20.8 Å².